The number of benzene rings is 1. The Morgan fingerprint density at radius 3 is 3.12 bits per heavy atom. The van der Waals surface area contributed by atoms with Crippen molar-refractivity contribution in [3.05, 3.63) is 47.9 Å². The van der Waals surface area contributed by atoms with Gasteiger partial charge in [0.15, 0.2) is 0 Å². The molecular weight excluding hydrogens is 336 g/mol. The Morgan fingerprint density at radius 2 is 2.28 bits per heavy atom. The van der Waals surface area contributed by atoms with Crippen LogP contribution >= 0.6 is 11.5 Å². The summed E-state index contributed by atoms with van der Waals surface area (Å²) in [6, 6.07) is 8.05. The first kappa shape index (κ1) is 16.2. The molecule has 3 heterocycles. The SMILES string of the molecule is CCn1cc([C@H]2CN(C(=O)Cc3nsc4ccccc34)CCO2)cn1. The molecule has 1 saturated heterocycles. The second-order valence-electron chi connectivity index (χ2n) is 6.13. The monoisotopic (exact) mass is 356 g/mol. The van der Waals surface area contributed by atoms with Crippen LogP contribution in [0.4, 0.5) is 0 Å². The van der Waals surface area contributed by atoms with E-state index in [1.807, 2.05) is 53.2 Å². The van der Waals surface area contributed by atoms with Gasteiger partial charge in [-0.15, -0.1) is 0 Å². The van der Waals surface area contributed by atoms with E-state index in [0.717, 1.165) is 27.9 Å². The molecule has 3 aromatic rings. The lowest BCUT2D eigenvalue weighted by molar-refractivity contribution is -0.138. The lowest BCUT2D eigenvalue weighted by Gasteiger charge is -2.32. The summed E-state index contributed by atoms with van der Waals surface area (Å²) < 4.78 is 13.3. The highest BCUT2D eigenvalue weighted by Gasteiger charge is 2.27. The van der Waals surface area contributed by atoms with E-state index in [1.165, 1.54) is 11.5 Å². The van der Waals surface area contributed by atoms with Gasteiger partial charge < -0.3 is 9.64 Å². The van der Waals surface area contributed by atoms with Crippen molar-refractivity contribution in [3.8, 4) is 0 Å². The molecule has 0 bridgehead atoms. The third kappa shape index (κ3) is 3.29. The minimum Gasteiger partial charge on any atom is -0.370 e. The molecule has 1 aliphatic heterocycles. The molecule has 0 saturated carbocycles. The smallest absolute Gasteiger partial charge is 0.228 e. The zero-order chi connectivity index (χ0) is 17.2. The minimum atomic E-state index is -0.106. The fraction of sp³-hybridized carbons (Fsp3) is 0.389. The van der Waals surface area contributed by atoms with Crippen molar-refractivity contribution in [1.82, 2.24) is 19.1 Å². The van der Waals surface area contributed by atoms with Gasteiger partial charge in [-0.3, -0.25) is 9.48 Å². The van der Waals surface area contributed by atoms with Crippen molar-refractivity contribution < 1.29 is 9.53 Å². The van der Waals surface area contributed by atoms with E-state index in [9.17, 15) is 4.79 Å². The number of carbonyl (C=O) groups is 1. The average molecular weight is 356 g/mol. The lowest BCUT2D eigenvalue weighted by Crippen LogP contribution is -2.43. The molecule has 0 N–H and O–H groups in total. The van der Waals surface area contributed by atoms with E-state index in [1.54, 1.807) is 0 Å². The van der Waals surface area contributed by atoms with Crippen LogP contribution in [0, 0.1) is 0 Å². The van der Waals surface area contributed by atoms with Gasteiger partial charge in [-0.25, -0.2) is 0 Å². The third-order valence-electron chi connectivity index (χ3n) is 4.54. The van der Waals surface area contributed by atoms with E-state index >= 15 is 0 Å². The molecule has 0 radical (unpaired) electrons. The summed E-state index contributed by atoms with van der Waals surface area (Å²) in [5.74, 6) is 0.104. The number of hydrogen-bond donors (Lipinski definition) is 0. The molecule has 1 atom stereocenters. The van der Waals surface area contributed by atoms with Gasteiger partial charge in [-0.05, 0) is 24.5 Å². The highest BCUT2D eigenvalue weighted by atomic mass is 32.1. The summed E-state index contributed by atoms with van der Waals surface area (Å²) in [6.45, 7) is 4.61. The van der Waals surface area contributed by atoms with E-state index < -0.39 is 0 Å². The first-order valence-corrected chi connectivity index (χ1v) is 9.27. The van der Waals surface area contributed by atoms with Crippen LogP contribution < -0.4 is 0 Å². The summed E-state index contributed by atoms with van der Waals surface area (Å²) in [6.07, 6.45) is 4.05. The van der Waals surface area contributed by atoms with Crippen LogP contribution in [-0.2, 0) is 22.5 Å². The van der Waals surface area contributed by atoms with Gasteiger partial charge in [-0.1, -0.05) is 18.2 Å². The molecule has 7 heteroatoms. The van der Waals surface area contributed by atoms with Crippen LogP contribution in [0.2, 0.25) is 0 Å². The Kier molecular flexibility index (Phi) is 4.50. The molecule has 6 nitrogen and oxygen atoms in total. The fourth-order valence-electron chi connectivity index (χ4n) is 3.12. The third-order valence-corrected chi connectivity index (χ3v) is 5.40. The Morgan fingerprint density at radius 1 is 1.40 bits per heavy atom. The first-order chi connectivity index (χ1) is 12.2. The predicted octanol–water partition coefficient (Wildman–Crippen LogP) is 2.66. The van der Waals surface area contributed by atoms with Crippen LogP contribution in [-0.4, -0.2) is 44.7 Å². The summed E-state index contributed by atoms with van der Waals surface area (Å²) in [7, 11) is 0. The molecule has 1 amide bonds. The second-order valence-corrected chi connectivity index (χ2v) is 6.94. The van der Waals surface area contributed by atoms with Gasteiger partial charge >= 0.3 is 0 Å². The van der Waals surface area contributed by atoms with E-state index in [2.05, 4.69) is 9.47 Å². The molecule has 1 fully saturated rings. The standard InChI is InChI=1S/C18H20N4O2S/c1-2-22-11-13(10-19-22)16-12-21(7-8-24-16)18(23)9-15-14-5-3-4-6-17(14)25-20-15/h3-6,10-11,16H,2,7-9,12H2,1H3/t16-/m1/s1. The van der Waals surface area contributed by atoms with E-state index in [4.69, 9.17) is 4.74 Å². The maximum atomic E-state index is 12.8. The van der Waals surface area contributed by atoms with Crippen molar-refractivity contribution >= 4 is 27.5 Å². The molecule has 2 aromatic heterocycles. The summed E-state index contributed by atoms with van der Waals surface area (Å²) >= 11 is 1.45. The largest absolute Gasteiger partial charge is 0.370 e. The molecule has 130 valence electrons. The molecule has 4 rings (SSSR count). The molecule has 0 aliphatic carbocycles. The number of amides is 1. The minimum absolute atomic E-state index is 0.104. The van der Waals surface area contributed by atoms with Crippen LogP contribution in [0.15, 0.2) is 36.7 Å². The highest BCUT2D eigenvalue weighted by molar-refractivity contribution is 7.13. The summed E-state index contributed by atoms with van der Waals surface area (Å²) in [4.78, 5) is 14.6. The predicted molar refractivity (Wildman–Crippen MR) is 96.5 cm³/mol. The van der Waals surface area contributed by atoms with E-state index in [0.29, 0.717) is 26.1 Å². The van der Waals surface area contributed by atoms with Gasteiger partial charge in [0.25, 0.3) is 0 Å². The van der Waals surface area contributed by atoms with Crippen molar-refractivity contribution in [2.45, 2.75) is 26.0 Å². The number of carbonyl (C=O) groups excluding carboxylic acids is 1. The van der Waals surface area contributed by atoms with Gasteiger partial charge in [0.1, 0.15) is 6.10 Å². The van der Waals surface area contributed by atoms with E-state index in [-0.39, 0.29) is 12.0 Å². The Hall–Kier alpha value is -2.25. The number of fused-ring (bicyclic) bond motifs is 1. The second kappa shape index (κ2) is 6.93. The molecular formula is C18H20N4O2S. The van der Waals surface area contributed by atoms with Crippen molar-refractivity contribution in [2.24, 2.45) is 0 Å². The summed E-state index contributed by atoms with van der Waals surface area (Å²) in [5.41, 5.74) is 1.89. The van der Waals surface area contributed by atoms with Gasteiger partial charge in [0.2, 0.25) is 5.91 Å². The Balaban J connectivity index is 1.46. The highest BCUT2D eigenvalue weighted by Crippen LogP contribution is 2.25. The maximum Gasteiger partial charge on any atom is 0.228 e. The van der Waals surface area contributed by atoms with Gasteiger partial charge in [0, 0.05) is 30.2 Å². The van der Waals surface area contributed by atoms with Crippen LogP contribution in [0.25, 0.3) is 10.1 Å². The average Bonchev–Trinajstić information content (AvgIpc) is 3.29. The molecule has 25 heavy (non-hydrogen) atoms. The number of morpholine rings is 1. The normalized spacial score (nSPS) is 18.0. The number of ether oxygens (including phenoxy) is 1. The molecule has 1 aromatic carbocycles. The summed E-state index contributed by atoms with van der Waals surface area (Å²) in [5, 5.41) is 5.38. The number of nitrogens with zero attached hydrogens (tertiary/aromatic N) is 4. The zero-order valence-electron chi connectivity index (χ0n) is 14.1. The topological polar surface area (TPSA) is 60.2 Å². The number of aryl methyl sites for hydroxylation is 1. The molecule has 0 unspecified atom stereocenters. The first-order valence-electron chi connectivity index (χ1n) is 8.49. The zero-order valence-corrected chi connectivity index (χ0v) is 14.9. The van der Waals surface area contributed by atoms with Crippen LogP contribution in [0.3, 0.4) is 0 Å². The van der Waals surface area contributed by atoms with Gasteiger partial charge in [-0.2, -0.15) is 9.47 Å². The fourth-order valence-corrected chi connectivity index (χ4v) is 3.91. The van der Waals surface area contributed by atoms with Gasteiger partial charge in [0.05, 0.1) is 36.2 Å². The number of aromatic nitrogens is 3. The molecule has 1 aliphatic rings. The Labute approximate surface area is 150 Å². The van der Waals surface area contributed by atoms with Crippen molar-refractivity contribution in [3.63, 3.8) is 0 Å². The Bertz CT molecular complexity index is 888. The maximum absolute atomic E-state index is 12.8. The lowest BCUT2D eigenvalue weighted by atomic mass is 10.1. The van der Waals surface area contributed by atoms with Crippen molar-refractivity contribution in [2.75, 3.05) is 19.7 Å². The van der Waals surface area contributed by atoms with Crippen LogP contribution in [0.1, 0.15) is 24.3 Å². The quantitative estimate of drug-likeness (QED) is 0.721. The van der Waals surface area contributed by atoms with Crippen LogP contribution in [0.5, 0.6) is 0 Å². The number of rotatable bonds is 4. The molecule has 0 spiro atoms. The van der Waals surface area contributed by atoms with Crippen molar-refractivity contribution in [1.29, 1.82) is 0 Å². The number of hydrogen-bond acceptors (Lipinski definition) is 5.